The molecule has 19 heavy (non-hydrogen) atoms. The van der Waals surface area contributed by atoms with E-state index in [2.05, 4.69) is 5.32 Å². The molecular formula is C13H17N3O3. The quantitative estimate of drug-likeness (QED) is 0.658. The smallest absolute Gasteiger partial charge is 0.322 e. The second-order valence-electron chi connectivity index (χ2n) is 4.77. The molecule has 1 unspecified atom stereocenters. The maximum atomic E-state index is 12.1. The molecule has 1 aromatic carbocycles. The van der Waals surface area contributed by atoms with Crippen molar-refractivity contribution in [2.45, 2.75) is 32.2 Å². The lowest BCUT2D eigenvalue weighted by atomic mass is 10.0. The lowest BCUT2D eigenvalue weighted by Gasteiger charge is -2.33. The fourth-order valence-corrected chi connectivity index (χ4v) is 2.26. The number of non-ortho nitro benzene ring substituents is 1. The van der Waals surface area contributed by atoms with E-state index in [4.69, 9.17) is 0 Å². The highest BCUT2D eigenvalue weighted by molar-refractivity contribution is 5.89. The third-order valence-corrected chi connectivity index (χ3v) is 3.39. The second-order valence-corrected chi connectivity index (χ2v) is 4.77. The number of piperidine rings is 1. The first-order valence-electron chi connectivity index (χ1n) is 6.40. The zero-order valence-corrected chi connectivity index (χ0v) is 10.8. The molecule has 0 aliphatic carbocycles. The highest BCUT2D eigenvalue weighted by Crippen LogP contribution is 2.19. The molecule has 0 bridgehead atoms. The maximum absolute atomic E-state index is 12.1. The molecule has 102 valence electrons. The molecule has 6 heteroatoms. The Balaban J connectivity index is 2.00. The Morgan fingerprint density at radius 3 is 2.63 bits per heavy atom. The number of nitrogens with one attached hydrogen (secondary N) is 1. The van der Waals surface area contributed by atoms with Crippen LogP contribution in [-0.4, -0.2) is 28.4 Å². The number of anilines is 1. The van der Waals surface area contributed by atoms with Gasteiger partial charge in [-0.3, -0.25) is 10.1 Å². The van der Waals surface area contributed by atoms with Gasteiger partial charge in [-0.2, -0.15) is 0 Å². The van der Waals surface area contributed by atoms with E-state index in [0.29, 0.717) is 5.69 Å². The molecule has 1 aliphatic heterocycles. The third kappa shape index (κ3) is 3.21. The highest BCUT2D eigenvalue weighted by Gasteiger charge is 2.23. The van der Waals surface area contributed by atoms with E-state index in [1.54, 1.807) is 12.1 Å². The lowest BCUT2D eigenvalue weighted by Crippen LogP contribution is -2.44. The average molecular weight is 263 g/mol. The number of carbonyl (C=O) groups excluding carboxylic acids is 1. The molecule has 0 radical (unpaired) electrons. The molecule has 0 saturated carbocycles. The summed E-state index contributed by atoms with van der Waals surface area (Å²) in [6, 6.07) is 5.97. The number of carbonyl (C=O) groups is 1. The predicted octanol–water partition coefficient (Wildman–Crippen LogP) is 3.00. The Labute approximate surface area is 111 Å². The number of benzene rings is 1. The van der Waals surface area contributed by atoms with Crippen molar-refractivity contribution in [3.8, 4) is 0 Å². The van der Waals surface area contributed by atoms with Gasteiger partial charge in [0.1, 0.15) is 0 Å². The van der Waals surface area contributed by atoms with Gasteiger partial charge in [0, 0.05) is 30.4 Å². The van der Waals surface area contributed by atoms with Gasteiger partial charge in [0.05, 0.1) is 4.92 Å². The van der Waals surface area contributed by atoms with Crippen LogP contribution >= 0.6 is 0 Å². The Hall–Kier alpha value is -2.11. The summed E-state index contributed by atoms with van der Waals surface area (Å²) in [7, 11) is 0. The van der Waals surface area contributed by atoms with E-state index in [1.165, 1.54) is 12.1 Å². The number of nitrogens with zero attached hydrogens (tertiary/aromatic N) is 2. The van der Waals surface area contributed by atoms with Crippen molar-refractivity contribution in [1.29, 1.82) is 0 Å². The van der Waals surface area contributed by atoms with Crippen molar-refractivity contribution in [3.63, 3.8) is 0 Å². The average Bonchev–Trinajstić information content (AvgIpc) is 2.39. The lowest BCUT2D eigenvalue weighted by molar-refractivity contribution is -0.384. The van der Waals surface area contributed by atoms with E-state index >= 15 is 0 Å². The minimum absolute atomic E-state index is 0.0179. The van der Waals surface area contributed by atoms with Crippen LogP contribution in [0.25, 0.3) is 0 Å². The van der Waals surface area contributed by atoms with E-state index in [1.807, 2.05) is 11.8 Å². The van der Waals surface area contributed by atoms with Gasteiger partial charge in [-0.15, -0.1) is 0 Å². The van der Waals surface area contributed by atoms with Crippen molar-refractivity contribution in [1.82, 2.24) is 4.90 Å². The fourth-order valence-electron chi connectivity index (χ4n) is 2.26. The van der Waals surface area contributed by atoms with Crippen molar-refractivity contribution >= 4 is 17.4 Å². The van der Waals surface area contributed by atoms with Gasteiger partial charge in [-0.05, 0) is 38.3 Å². The van der Waals surface area contributed by atoms with Crippen molar-refractivity contribution in [2.75, 3.05) is 11.9 Å². The molecular weight excluding hydrogens is 246 g/mol. The van der Waals surface area contributed by atoms with Crippen LogP contribution in [0.3, 0.4) is 0 Å². The molecule has 0 aromatic heterocycles. The van der Waals surface area contributed by atoms with E-state index in [-0.39, 0.29) is 17.8 Å². The number of rotatable bonds is 2. The summed E-state index contributed by atoms with van der Waals surface area (Å²) in [5.41, 5.74) is 0.595. The first-order valence-corrected chi connectivity index (χ1v) is 6.40. The first-order chi connectivity index (χ1) is 9.08. The molecule has 1 aromatic rings. The molecule has 1 aliphatic rings. The maximum Gasteiger partial charge on any atom is 0.322 e. The van der Waals surface area contributed by atoms with Gasteiger partial charge in [0.15, 0.2) is 0 Å². The summed E-state index contributed by atoms with van der Waals surface area (Å²) in [5, 5.41) is 13.3. The monoisotopic (exact) mass is 263 g/mol. The zero-order chi connectivity index (χ0) is 13.8. The Morgan fingerprint density at radius 1 is 1.37 bits per heavy atom. The summed E-state index contributed by atoms with van der Waals surface area (Å²) < 4.78 is 0. The van der Waals surface area contributed by atoms with Gasteiger partial charge < -0.3 is 10.2 Å². The Bertz CT molecular complexity index is 473. The molecule has 6 nitrogen and oxygen atoms in total. The normalized spacial score (nSPS) is 19.0. The van der Waals surface area contributed by atoms with Gasteiger partial charge in [0.2, 0.25) is 0 Å². The van der Waals surface area contributed by atoms with Crippen molar-refractivity contribution in [2.24, 2.45) is 0 Å². The molecule has 1 heterocycles. The molecule has 0 spiro atoms. The summed E-state index contributed by atoms with van der Waals surface area (Å²) in [6.45, 7) is 2.80. The minimum atomic E-state index is -0.460. The predicted molar refractivity (Wildman–Crippen MR) is 72.1 cm³/mol. The summed E-state index contributed by atoms with van der Waals surface area (Å²) >= 11 is 0. The number of likely N-dealkylation sites (tertiary alicyclic amines) is 1. The Kier molecular flexibility index (Phi) is 3.99. The minimum Gasteiger partial charge on any atom is -0.322 e. The van der Waals surface area contributed by atoms with E-state index < -0.39 is 4.92 Å². The number of hydrogen-bond acceptors (Lipinski definition) is 3. The largest absolute Gasteiger partial charge is 0.322 e. The molecule has 2 amide bonds. The van der Waals surface area contributed by atoms with E-state index in [0.717, 1.165) is 25.8 Å². The topological polar surface area (TPSA) is 75.5 Å². The number of nitro groups is 1. The third-order valence-electron chi connectivity index (χ3n) is 3.39. The van der Waals surface area contributed by atoms with Crippen LogP contribution in [-0.2, 0) is 0 Å². The van der Waals surface area contributed by atoms with Gasteiger partial charge in [0.25, 0.3) is 5.69 Å². The van der Waals surface area contributed by atoms with Crippen LogP contribution in [0.4, 0.5) is 16.2 Å². The molecule has 1 N–H and O–H groups in total. The molecule has 1 saturated heterocycles. The first kappa shape index (κ1) is 13.3. The van der Waals surface area contributed by atoms with Crippen molar-refractivity contribution in [3.05, 3.63) is 34.4 Å². The second kappa shape index (κ2) is 5.69. The van der Waals surface area contributed by atoms with Gasteiger partial charge in [-0.1, -0.05) is 0 Å². The number of hydrogen-bond donors (Lipinski definition) is 1. The van der Waals surface area contributed by atoms with E-state index in [9.17, 15) is 14.9 Å². The number of amides is 2. The van der Waals surface area contributed by atoms with Crippen LogP contribution in [0.2, 0.25) is 0 Å². The summed E-state index contributed by atoms with van der Waals surface area (Å²) in [5.74, 6) is 0. The van der Waals surface area contributed by atoms with Crippen LogP contribution in [0, 0.1) is 10.1 Å². The number of nitro benzene ring substituents is 1. The fraction of sp³-hybridized carbons (Fsp3) is 0.462. The molecule has 2 rings (SSSR count). The van der Waals surface area contributed by atoms with Crippen LogP contribution in [0.1, 0.15) is 26.2 Å². The van der Waals surface area contributed by atoms with Crippen LogP contribution in [0.15, 0.2) is 24.3 Å². The van der Waals surface area contributed by atoms with Crippen LogP contribution < -0.4 is 5.32 Å². The SMILES string of the molecule is CC1CCCCN1C(=O)Nc1ccc([N+](=O)[O-])cc1. The summed E-state index contributed by atoms with van der Waals surface area (Å²) in [6.07, 6.45) is 3.20. The van der Waals surface area contributed by atoms with Crippen LogP contribution in [0.5, 0.6) is 0 Å². The van der Waals surface area contributed by atoms with Gasteiger partial charge in [-0.25, -0.2) is 4.79 Å². The summed E-state index contributed by atoms with van der Waals surface area (Å²) in [4.78, 5) is 24.0. The number of urea groups is 1. The highest BCUT2D eigenvalue weighted by atomic mass is 16.6. The van der Waals surface area contributed by atoms with Crippen molar-refractivity contribution < 1.29 is 9.72 Å². The zero-order valence-electron chi connectivity index (χ0n) is 10.8. The molecule has 1 atom stereocenters. The van der Waals surface area contributed by atoms with Gasteiger partial charge >= 0.3 is 6.03 Å². The molecule has 1 fully saturated rings. The standard InChI is InChI=1S/C13H17N3O3/c1-10-4-2-3-9-15(10)13(17)14-11-5-7-12(8-6-11)16(18)19/h5-8,10H,2-4,9H2,1H3,(H,14,17). The Morgan fingerprint density at radius 2 is 2.05 bits per heavy atom.